The summed E-state index contributed by atoms with van der Waals surface area (Å²) in [7, 11) is 0. The number of carbonyl (C=O) groups is 1. The van der Waals surface area contributed by atoms with E-state index < -0.39 is 11.6 Å². The van der Waals surface area contributed by atoms with Gasteiger partial charge in [-0.15, -0.1) is 0 Å². The van der Waals surface area contributed by atoms with Crippen molar-refractivity contribution in [1.82, 2.24) is 4.90 Å². The first-order valence-electron chi connectivity index (χ1n) is 7.29. The maximum absolute atomic E-state index is 13.1. The third kappa shape index (κ3) is 4.47. The Hall–Kier alpha value is -1.53. The van der Waals surface area contributed by atoms with Crippen LogP contribution in [0.25, 0.3) is 0 Å². The van der Waals surface area contributed by atoms with Gasteiger partial charge in [0.1, 0.15) is 0 Å². The summed E-state index contributed by atoms with van der Waals surface area (Å²) in [6.07, 6.45) is 4.15. The van der Waals surface area contributed by atoms with Crippen LogP contribution in [0.2, 0.25) is 0 Å². The number of rotatable bonds is 5. The van der Waals surface area contributed by atoms with Crippen molar-refractivity contribution in [1.29, 1.82) is 0 Å². The van der Waals surface area contributed by atoms with E-state index in [4.69, 9.17) is 5.73 Å². The number of amides is 1. The number of nitrogens with zero attached hydrogens (tertiary/aromatic N) is 1. The molecule has 4 nitrogen and oxygen atoms in total. The first-order valence-corrected chi connectivity index (χ1v) is 7.29. The second-order valence-electron chi connectivity index (χ2n) is 5.37. The standard InChI is InChI=1S/C15H21F2N3O/c16-13-5-4-11(9-14(13)17)19-15(21)10-20-8-2-1-3-12(20)6-7-18/h4-5,9,12H,1-3,6-8,10,18H2,(H,19,21). The molecule has 1 aromatic rings. The number of likely N-dealkylation sites (tertiary alicyclic amines) is 1. The van der Waals surface area contributed by atoms with Crippen molar-refractivity contribution < 1.29 is 13.6 Å². The summed E-state index contributed by atoms with van der Waals surface area (Å²) in [5.74, 6) is -2.11. The molecule has 1 aliphatic heterocycles. The lowest BCUT2D eigenvalue weighted by Gasteiger charge is -2.35. The summed E-state index contributed by atoms with van der Waals surface area (Å²) in [5, 5.41) is 2.60. The molecule has 0 spiro atoms. The van der Waals surface area contributed by atoms with Gasteiger partial charge in [-0.05, 0) is 44.5 Å². The predicted octanol–water partition coefficient (Wildman–Crippen LogP) is 2.11. The smallest absolute Gasteiger partial charge is 0.238 e. The van der Waals surface area contributed by atoms with E-state index in [9.17, 15) is 13.6 Å². The highest BCUT2D eigenvalue weighted by atomic mass is 19.2. The third-order valence-electron chi connectivity index (χ3n) is 3.80. The first-order chi connectivity index (χ1) is 10.1. The van der Waals surface area contributed by atoms with Crippen molar-refractivity contribution in [2.24, 2.45) is 5.73 Å². The molecule has 0 radical (unpaired) electrons. The Morgan fingerprint density at radius 3 is 2.86 bits per heavy atom. The highest BCUT2D eigenvalue weighted by Gasteiger charge is 2.23. The van der Waals surface area contributed by atoms with Gasteiger partial charge in [-0.1, -0.05) is 6.42 Å². The van der Waals surface area contributed by atoms with Crippen molar-refractivity contribution in [3.05, 3.63) is 29.8 Å². The molecule has 0 bridgehead atoms. The van der Waals surface area contributed by atoms with Crippen LogP contribution in [0.5, 0.6) is 0 Å². The van der Waals surface area contributed by atoms with Crippen LogP contribution in [0.3, 0.4) is 0 Å². The molecule has 21 heavy (non-hydrogen) atoms. The van der Waals surface area contributed by atoms with Crippen molar-refractivity contribution in [3.63, 3.8) is 0 Å². The van der Waals surface area contributed by atoms with Gasteiger partial charge < -0.3 is 11.1 Å². The van der Waals surface area contributed by atoms with Gasteiger partial charge in [0.15, 0.2) is 11.6 Å². The number of nitrogens with one attached hydrogen (secondary N) is 1. The van der Waals surface area contributed by atoms with Crippen molar-refractivity contribution in [2.75, 3.05) is 25.0 Å². The second-order valence-corrected chi connectivity index (χ2v) is 5.37. The van der Waals surface area contributed by atoms with Crippen LogP contribution >= 0.6 is 0 Å². The van der Waals surface area contributed by atoms with Gasteiger partial charge in [0.2, 0.25) is 5.91 Å². The molecule has 0 aromatic heterocycles. The number of hydrogen-bond acceptors (Lipinski definition) is 3. The number of halogens is 2. The Morgan fingerprint density at radius 1 is 1.33 bits per heavy atom. The van der Waals surface area contributed by atoms with Crippen LogP contribution in [0.4, 0.5) is 14.5 Å². The van der Waals surface area contributed by atoms with Crippen molar-refractivity contribution in [2.45, 2.75) is 31.7 Å². The molecule has 1 fully saturated rings. The zero-order chi connectivity index (χ0) is 15.2. The number of piperidine rings is 1. The fraction of sp³-hybridized carbons (Fsp3) is 0.533. The van der Waals surface area contributed by atoms with E-state index in [1.54, 1.807) is 0 Å². The lowest BCUT2D eigenvalue weighted by Crippen LogP contribution is -2.44. The molecule has 1 unspecified atom stereocenters. The van der Waals surface area contributed by atoms with E-state index in [0.717, 1.165) is 44.4 Å². The van der Waals surface area contributed by atoms with Gasteiger partial charge in [-0.3, -0.25) is 9.69 Å². The van der Waals surface area contributed by atoms with E-state index in [0.29, 0.717) is 12.6 Å². The van der Waals surface area contributed by atoms with Crippen LogP contribution in [0.15, 0.2) is 18.2 Å². The summed E-state index contributed by atoms with van der Waals surface area (Å²) in [5.41, 5.74) is 5.87. The molecule has 1 aliphatic rings. The molecule has 6 heteroatoms. The Kier molecular flexibility index (Phi) is 5.64. The number of carbonyl (C=O) groups excluding carboxylic acids is 1. The SMILES string of the molecule is NCCC1CCCCN1CC(=O)Nc1ccc(F)c(F)c1. The molecule has 1 aromatic carbocycles. The van der Waals surface area contributed by atoms with E-state index in [-0.39, 0.29) is 18.1 Å². The maximum atomic E-state index is 13.1. The summed E-state index contributed by atoms with van der Waals surface area (Å²) in [6.45, 7) is 1.73. The van der Waals surface area contributed by atoms with Crippen LogP contribution in [-0.2, 0) is 4.79 Å². The summed E-state index contributed by atoms with van der Waals surface area (Å²) in [4.78, 5) is 14.1. The normalized spacial score (nSPS) is 19.5. The third-order valence-corrected chi connectivity index (χ3v) is 3.80. The molecule has 3 N–H and O–H groups in total. The largest absolute Gasteiger partial charge is 0.330 e. The number of nitrogens with two attached hydrogens (primary N) is 1. The average molecular weight is 297 g/mol. The zero-order valence-corrected chi connectivity index (χ0v) is 11.9. The topological polar surface area (TPSA) is 58.4 Å². The Balaban J connectivity index is 1.92. The predicted molar refractivity (Wildman–Crippen MR) is 77.9 cm³/mol. The monoisotopic (exact) mass is 297 g/mol. The van der Waals surface area contributed by atoms with Crippen LogP contribution in [-0.4, -0.2) is 36.5 Å². The minimum Gasteiger partial charge on any atom is -0.330 e. The molecular weight excluding hydrogens is 276 g/mol. The quantitative estimate of drug-likeness (QED) is 0.875. The lowest BCUT2D eigenvalue weighted by atomic mass is 9.99. The number of benzene rings is 1. The summed E-state index contributed by atoms with van der Waals surface area (Å²) < 4.78 is 25.9. The maximum Gasteiger partial charge on any atom is 0.238 e. The molecule has 116 valence electrons. The van der Waals surface area contributed by atoms with Crippen LogP contribution < -0.4 is 11.1 Å². The first kappa shape index (κ1) is 15.9. The van der Waals surface area contributed by atoms with Gasteiger partial charge in [-0.25, -0.2) is 8.78 Å². The van der Waals surface area contributed by atoms with Gasteiger partial charge in [-0.2, -0.15) is 0 Å². The van der Waals surface area contributed by atoms with Gasteiger partial charge in [0.05, 0.1) is 6.54 Å². The molecule has 1 saturated heterocycles. The second kappa shape index (κ2) is 7.47. The van der Waals surface area contributed by atoms with E-state index >= 15 is 0 Å². The fourth-order valence-corrected chi connectivity index (χ4v) is 2.75. The highest BCUT2D eigenvalue weighted by Crippen LogP contribution is 2.19. The lowest BCUT2D eigenvalue weighted by molar-refractivity contribution is -0.118. The fourth-order valence-electron chi connectivity index (χ4n) is 2.75. The van der Waals surface area contributed by atoms with E-state index in [2.05, 4.69) is 10.2 Å². The Morgan fingerprint density at radius 2 is 2.14 bits per heavy atom. The minimum absolute atomic E-state index is 0.218. The van der Waals surface area contributed by atoms with Gasteiger partial charge >= 0.3 is 0 Å². The molecule has 0 saturated carbocycles. The van der Waals surface area contributed by atoms with Crippen LogP contribution in [0.1, 0.15) is 25.7 Å². The molecule has 1 amide bonds. The van der Waals surface area contributed by atoms with E-state index in [1.165, 1.54) is 6.07 Å². The molecule has 0 aliphatic carbocycles. The number of hydrogen-bond donors (Lipinski definition) is 2. The average Bonchev–Trinajstić information content (AvgIpc) is 2.45. The van der Waals surface area contributed by atoms with Gasteiger partial charge in [0.25, 0.3) is 0 Å². The Labute approximate surface area is 123 Å². The molecule has 2 rings (SSSR count). The molecular formula is C15H21F2N3O. The summed E-state index contributed by atoms with van der Waals surface area (Å²) in [6, 6.07) is 3.67. The zero-order valence-electron chi connectivity index (χ0n) is 11.9. The van der Waals surface area contributed by atoms with Gasteiger partial charge in [0, 0.05) is 17.8 Å². The molecule has 1 heterocycles. The highest BCUT2D eigenvalue weighted by molar-refractivity contribution is 5.92. The van der Waals surface area contributed by atoms with Crippen molar-refractivity contribution >= 4 is 11.6 Å². The minimum atomic E-state index is -0.966. The molecule has 1 atom stereocenters. The van der Waals surface area contributed by atoms with Crippen LogP contribution in [0, 0.1) is 11.6 Å². The van der Waals surface area contributed by atoms with E-state index in [1.807, 2.05) is 0 Å². The van der Waals surface area contributed by atoms with Crippen molar-refractivity contribution in [3.8, 4) is 0 Å². The summed E-state index contributed by atoms with van der Waals surface area (Å²) >= 11 is 0. The Bertz CT molecular complexity index is 494. The number of anilines is 1.